The van der Waals surface area contributed by atoms with Crippen molar-refractivity contribution >= 4 is 27.2 Å². The topological polar surface area (TPSA) is 20.2 Å². The van der Waals surface area contributed by atoms with Crippen molar-refractivity contribution in [1.29, 1.82) is 0 Å². The summed E-state index contributed by atoms with van der Waals surface area (Å²) in [6.07, 6.45) is 15.6. The number of unbranched alkanes of at least 4 members (excludes halogenated alkanes) is 3. The molecule has 0 amide bonds. The summed E-state index contributed by atoms with van der Waals surface area (Å²) in [6.45, 7) is 13.9. The minimum absolute atomic E-state index is 0. The van der Waals surface area contributed by atoms with Gasteiger partial charge in [-0.15, -0.1) is 0 Å². The molecule has 0 aliphatic carbocycles. The van der Waals surface area contributed by atoms with Gasteiger partial charge in [0.2, 0.25) is 0 Å². The fraction of sp³-hybridized carbons (Fsp3) is 1.00. The van der Waals surface area contributed by atoms with Crippen LogP contribution in [-0.4, -0.2) is 32.0 Å². The van der Waals surface area contributed by atoms with Crippen LogP contribution in [0.5, 0.6) is 0 Å². The van der Waals surface area contributed by atoms with Crippen molar-refractivity contribution in [1.82, 2.24) is 0 Å². The SMILES string of the molecule is CCCCC(CC)C[Si](O)(CC(CC)CCCC)CC(CC)CCCC.[LiH]. The van der Waals surface area contributed by atoms with Crippen LogP contribution in [0.4, 0.5) is 0 Å². The van der Waals surface area contributed by atoms with Gasteiger partial charge >= 0.3 is 18.9 Å². The predicted molar refractivity (Wildman–Crippen MR) is 129 cm³/mol. The molecule has 0 saturated heterocycles. The van der Waals surface area contributed by atoms with Crippen LogP contribution in [0.2, 0.25) is 18.1 Å². The maximum atomic E-state index is 12.0. The molecule has 0 aromatic heterocycles. The molecule has 0 radical (unpaired) electrons. The molecular weight excluding hydrogens is 339 g/mol. The monoisotopic (exact) mass is 392 g/mol. The molecule has 0 fully saturated rings. The van der Waals surface area contributed by atoms with E-state index in [1.165, 1.54) is 95.2 Å². The van der Waals surface area contributed by atoms with Gasteiger partial charge in [0.05, 0.1) is 0 Å². The molecule has 0 bridgehead atoms. The average Bonchev–Trinajstić information content (AvgIpc) is 2.65. The van der Waals surface area contributed by atoms with Crippen LogP contribution in [0.3, 0.4) is 0 Å². The summed E-state index contributed by atoms with van der Waals surface area (Å²) < 4.78 is 0. The van der Waals surface area contributed by atoms with E-state index < -0.39 is 8.32 Å². The molecule has 1 nitrogen and oxygen atoms in total. The zero-order valence-electron chi connectivity index (χ0n) is 19.3. The molecule has 3 heteroatoms. The van der Waals surface area contributed by atoms with Crippen LogP contribution >= 0.6 is 0 Å². The molecule has 27 heavy (non-hydrogen) atoms. The van der Waals surface area contributed by atoms with Crippen molar-refractivity contribution in [3.63, 3.8) is 0 Å². The molecule has 0 spiro atoms. The Labute approximate surface area is 186 Å². The first-order valence-corrected chi connectivity index (χ1v) is 14.8. The quantitative estimate of drug-likeness (QED) is 0.235. The molecule has 0 aliphatic heterocycles. The van der Waals surface area contributed by atoms with Crippen molar-refractivity contribution in [3.05, 3.63) is 0 Å². The van der Waals surface area contributed by atoms with Gasteiger partial charge in [-0.05, 0) is 35.9 Å². The van der Waals surface area contributed by atoms with Crippen LogP contribution in [-0.2, 0) is 0 Å². The third kappa shape index (κ3) is 14.4. The standard InChI is InChI=1S/C24H52OSi.Li.H/c1-7-13-16-22(10-4)19-26(25,20-23(11-5)17-14-8-2)21-24(12-6)18-15-9-3;;/h22-25H,7-21H2,1-6H3;;. The van der Waals surface area contributed by atoms with Crippen LogP contribution in [0, 0.1) is 17.8 Å². The normalized spacial score (nSPS) is 17.0. The molecule has 0 aromatic carbocycles. The third-order valence-electron chi connectivity index (χ3n) is 6.64. The van der Waals surface area contributed by atoms with Crippen LogP contribution < -0.4 is 0 Å². The molecule has 0 aromatic rings. The average molecular weight is 393 g/mol. The summed E-state index contributed by atoms with van der Waals surface area (Å²) in [6, 6.07) is 3.53. The zero-order valence-corrected chi connectivity index (χ0v) is 20.3. The van der Waals surface area contributed by atoms with Crippen molar-refractivity contribution in [3.8, 4) is 0 Å². The second-order valence-electron chi connectivity index (χ2n) is 9.09. The van der Waals surface area contributed by atoms with Crippen molar-refractivity contribution in [2.24, 2.45) is 17.8 Å². The van der Waals surface area contributed by atoms with E-state index >= 15 is 0 Å². The summed E-state index contributed by atoms with van der Waals surface area (Å²) in [7, 11) is -2.15. The summed E-state index contributed by atoms with van der Waals surface area (Å²) in [4.78, 5) is 12.0. The molecule has 0 aliphatic rings. The Balaban J connectivity index is 0. The van der Waals surface area contributed by atoms with Gasteiger partial charge in [-0.1, -0.05) is 119 Å². The van der Waals surface area contributed by atoms with Crippen molar-refractivity contribution in [2.75, 3.05) is 0 Å². The number of hydrogen-bond donors (Lipinski definition) is 1. The van der Waals surface area contributed by atoms with Gasteiger partial charge in [0.25, 0.3) is 0 Å². The number of hydrogen-bond acceptors (Lipinski definition) is 1. The second kappa shape index (κ2) is 18.8. The Morgan fingerprint density at radius 1 is 0.556 bits per heavy atom. The molecule has 160 valence electrons. The molecule has 0 saturated carbocycles. The van der Waals surface area contributed by atoms with Crippen LogP contribution in [0.25, 0.3) is 0 Å². The van der Waals surface area contributed by atoms with E-state index in [0.717, 1.165) is 17.8 Å². The van der Waals surface area contributed by atoms with Gasteiger partial charge in [-0.25, -0.2) is 0 Å². The van der Waals surface area contributed by atoms with Crippen molar-refractivity contribution < 1.29 is 4.80 Å². The summed E-state index contributed by atoms with van der Waals surface area (Å²) in [5, 5.41) is 0. The Morgan fingerprint density at radius 3 is 1.00 bits per heavy atom. The van der Waals surface area contributed by atoms with Gasteiger partial charge in [0.15, 0.2) is 8.32 Å². The third-order valence-corrected chi connectivity index (χ3v) is 10.6. The van der Waals surface area contributed by atoms with E-state index in [-0.39, 0.29) is 18.9 Å². The maximum absolute atomic E-state index is 12.0. The Hall–Kier alpha value is 0.774. The van der Waals surface area contributed by atoms with Gasteiger partial charge in [-0.2, -0.15) is 0 Å². The van der Waals surface area contributed by atoms with Gasteiger partial charge in [0.1, 0.15) is 0 Å². The first-order valence-electron chi connectivity index (χ1n) is 12.2. The molecular formula is C24H53LiOSi. The fourth-order valence-electron chi connectivity index (χ4n) is 4.69. The van der Waals surface area contributed by atoms with Crippen LogP contribution in [0.15, 0.2) is 0 Å². The van der Waals surface area contributed by atoms with Gasteiger partial charge in [0, 0.05) is 0 Å². The summed E-state index contributed by atoms with van der Waals surface area (Å²) in [5.74, 6) is 2.29. The second-order valence-corrected chi connectivity index (χ2v) is 12.8. The first-order chi connectivity index (χ1) is 12.5. The van der Waals surface area contributed by atoms with E-state index in [9.17, 15) is 4.80 Å². The molecule has 0 rings (SSSR count). The molecule has 1 N–H and O–H groups in total. The molecule has 0 heterocycles. The number of rotatable bonds is 18. The predicted octanol–water partition coefficient (Wildman–Crippen LogP) is 7.92. The fourth-order valence-corrected chi connectivity index (χ4v) is 9.89. The van der Waals surface area contributed by atoms with Crippen LogP contribution in [0.1, 0.15) is 119 Å². The van der Waals surface area contributed by atoms with Gasteiger partial charge < -0.3 is 4.80 Å². The Kier molecular flexibility index (Phi) is 20.8. The molecule has 3 atom stereocenters. The molecule has 3 unspecified atom stereocenters. The van der Waals surface area contributed by atoms with E-state index in [1.54, 1.807) is 0 Å². The summed E-state index contributed by atoms with van der Waals surface area (Å²) >= 11 is 0. The zero-order chi connectivity index (χ0) is 19.8. The first kappa shape index (κ1) is 30.0. The van der Waals surface area contributed by atoms with E-state index in [0.29, 0.717) is 0 Å². The van der Waals surface area contributed by atoms with Gasteiger partial charge in [-0.3, -0.25) is 0 Å². The Morgan fingerprint density at radius 2 is 0.815 bits per heavy atom. The van der Waals surface area contributed by atoms with E-state index in [4.69, 9.17) is 0 Å². The summed E-state index contributed by atoms with van der Waals surface area (Å²) in [5.41, 5.74) is 0. The van der Waals surface area contributed by atoms with Crippen molar-refractivity contribution in [2.45, 2.75) is 137 Å². The minimum atomic E-state index is -2.15. The Bertz CT molecular complexity index is 265. The van der Waals surface area contributed by atoms with E-state index in [2.05, 4.69) is 41.5 Å². The van der Waals surface area contributed by atoms with E-state index in [1.807, 2.05) is 0 Å².